The van der Waals surface area contributed by atoms with Crippen LogP contribution in [-0.2, 0) is 14.4 Å². The van der Waals surface area contributed by atoms with Crippen molar-refractivity contribution in [1.82, 2.24) is 10.2 Å². The number of hydrogen-bond donors (Lipinski definition) is 3. The monoisotopic (exact) mass is 256 g/mol. The maximum atomic E-state index is 11.9. The van der Waals surface area contributed by atoms with Crippen molar-refractivity contribution in [2.75, 3.05) is 19.6 Å². The van der Waals surface area contributed by atoms with Crippen LogP contribution < -0.4 is 16.8 Å². The van der Waals surface area contributed by atoms with E-state index in [1.807, 2.05) is 0 Å². The molecule has 0 radical (unpaired) electrons. The summed E-state index contributed by atoms with van der Waals surface area (Å²) in [6.07, 6.45) is 3.85. The van der Waals surface area contributed by atoms with Gasteiger partial charge in [0.25, 0.3) is 0 Å². The van der Waals surface area contributed by atoms with Crippen molar-refractivity contribution in [2.45, 2.75) is 31.7 Å². The number of nitrogens with two attached hydrogens (primary N) is 2. The SMILES string of the molecule is NCC(=O)NCC(=O)N(CC(N)=O)C1CCCC1. The largest absolute Gasteiger partial charge is 0.368 e. The zero-order chi connectivity index (χ0) is 13.5. The highest BCUT2D eigenvalue weighted by Crippen LogP contribution is 2.23. The number of rotatable bonds is 6. The van der Waals surface area contributed by atoms with E-state index in [1.54, 1.807) is 0 Å². The fourth-order valence-corrected chi connectivity index (χ4v) is 2.15. The highest BCUT2D eigenvalue weighted by atomic mass is 16.2. The Morgan fingerprint density at radius 1 is 1.22 bits per heavy atom. The van der Waals surface area contributed by atoms with Crippen LogP contribution in [0.5, 0.6) is 0 Å². The minimum absolute atomic E-state index is 0.0554. The summed E-state index contributed by atoms with van der Waals surface area (Å²) < 4.78 is 0. The number of nitrogens with one attached hydrogen (secondary N) is 1. The quantitative estimate of drug-likeness (QED) is 0.525. The Kier molecular flexibility index (Phi) is 5.57. The van der Waals surface area contributed by atoms with Gasteiger partial charge in [-0.25, -0.2) is 0 Å². The molecule has 0 aromatic carbocycles. The Bertz CT molecular complexity index is 326. The molecule has 1 rings (SSSR count). The summed E-state index contributed by atoms with van der Waals surface area (Å²) in [5.74, 6) is -1.23. The Balaban J connectivity index is 2.55. The van der Waals surface area contributed by atoms with Gasteiger partial charge in [0, 0.05) is 6.04 Å². The third kappa shape index (κ3) is 4.33. The summed E-state index contributed by atoms with van der Waals surface area (Å²) in [6.45, 7) is -0.395. The van der Waals surface area contributed by atoms with Gasteiger partial charge >= 0.3 is 0 Å². The van der Waals surface area contributed by atoms with Gasteiger partial charge in [-0.15, -0.1) is 0 Å². The summed E-state index contributed by atoms with van der Waals surface area (Å²) in [5.41, 5.74) is 10.3. The van der Waals surface area contributed by atoms with Crippen LogP contribution in [0.3, 0.4) is 0 Å². The third-order valence-corrected chi connectivity index (χ3v) is 3.03. The minimum Gasteiger partial charge on any atom is -0.368 e. The van der Waals surface area contributed by atoms with Gasteiger partial charge in [-0.05, 0) is 12.8 Å². The fraction of sp³-hybridized carbons (Fsp3) is 0.727. The van der Waals surface area contributed by atoms with Crippen LogP contribution in [0.1, 0.15) is 25.7 Å². The van der Waals surface area contributed by atoms with Crippen molar-refractivity contribution < 1.29 is 14.4 Å². The molecule has 7 nitrogen and oxygen atoms in total. The molecular weight excluding hydrogens is 236 g/mol. The lowest BCUT2D eigenvalue weighted by molar-refractivity contribution is -0.137. The molecule has 1 aliphatic carbocycles. The normalized spacial score (nSPS) is 15.4. The zero-order valence-corrected chi connectivity index (χ0v) is 10.4. The van der Waals surface area contributed by atoms with Gasteiger partial charge in [-0.3, -0.25) is 14.4 Å². The average Bonchev–Trinajstić information content (AvgIpc) is 2.85. The average molecular weight is 256 g/mol. The summed E-state index contributed by atoms with van der Waals surface area (Å²) >= 11 is 0. The smallest absolute Gasteiger partial charge is 0.242 e. The molecule has 0 bridgehead atoms. The van der Waals surface area contributed by atoms with Gasteiger partial charge in [-0.2, -0.15) is 0 Å². The number of nitrogens with zero attached hydrogens (tertiary/aromatic N) is 1. The summed E-state index contributed by atoms with van der Waals surface area (Å²) in [6, 6.07) is 0.0554. The maximum Gasteiger partial charge on any atom is 0.242 e. The second kappa shape index (κ2) is 6.95. The van der Waals surface area contributed by atoms with Crippen LogP contribution in [0.15, 0.2) is 0 Å². The predicted octanol–water partition coefficient (Wildman–Crippen LogP) is -1.68. The van der Waals surface area contributed by atoms with Crippen molar-refractivity contribution >= 4 is 17.7 Å². The second-order valence-electron chi connectivity index (χ2n) is 4.41. The van der Waals surface area contributed by atoms with Gasteiger partial charge in [0.1, 0.15) is 0 Å². The highest BCUT2D eigenvalue weighted by Gasteiger charge is 2.27. The van der Waals surface area contributed by atoms with Gasteiger partial charge in [0.2, 0.25) is 17.7 Å². The first-order valence-electron chi connectivity index (χ1n) is 6.09. The molecule has 1 aliphatic rings. The number of carbonyl (C=O) groups is 3. The van der Waals surface area contributed by atoms with Crippen LogP contribution >= 0.6 is 0 Å². The Labute approximate surface area is 106 Å². The number of hydrogen-bond acceptors (Lipinski definition) is 4. The molecule has 1 saturated carbocycles. The summed E-state index contributed by atoms with van der Waals surface area (Å²) in [5, 5.41) is 2.40. The van der Waals surface area contributed by atoms with E-state index in [-0.39, 0.29) is 31.6 Å². The van der Waals surface area contributed by atoms with E-state index in [0.717, 1.165) is 25.7 Å². The minimum atomic E-state index is -0.541. The lowest BCUT2D eigenvalue weighted by Gasteiger charge is -2.27. The van der Waals surface area contributed by atoms with Crippen molar-refractivity contribution in [3.63, 3.8) is 0 Å². The molecule has 0 heterocycles. The molecule has 1 fully saturated rings. The molecule has 0 atom stereocenters. The van der Waals surface area contributed by atoms with Crippen molar-refractivity contribution in [1.29, 1.82) is 0 Å². The topological polar surface area (TPSA) is 119 Å². The fourth-order valence-electron chi connectivity index (χ4n) is 2.15. The van der Waals surface area contributed by atoms with E-state index >= 15 is 0 Å². The van der Waals surface area contributed by atoms with Crippen LogP contribution in [-0.4, -0.2) is 48.3 Å². The first-order chi connectivity index (χ1) is 8.54. The molecule has 7 heteroatoms. The van der Waals surface area contributed by atoms with Crippen LogP contribution in [0.4, 0.5) is 0 Å². The molecule has 0 spiro atoms. The Hall–Kier alpha value is -1.63. The third-order valence-electron chi connectivity index (χ3n) is 3.03. The lowest BCUT2D eigenvalue weighted by atomic mass is 10.2. The zero-order valence-electron chi connectivity index (χ0n) is 10.4. The maximum absolute atomic E-state index is 11.9. The molecule has 0 aromatic rings. The molecule has 0 unspecified atom stereocenters. The van der Waals surface area contributed by atoms with Gasteiger partial charge in [0.05, 0.1) is 19.6 Å². The molecule has 5 N–H and O–H groups in total. The molecule has 3 amide bonds. The summed E-state index contributed by atoms with van der Waals surface area (Å²) in [4.78, 5) is 35.4. The van der Waals surface area contributed by atoms with Crippen LogP contribution in [0.2, 0.25) is 0 Å². The standard InChI is InChI=1S/C11H20N4O3/c12-5-10(17)14-6-11(18)15(7-9(13)16)8-3-1-2-4-8/h8H,1-7,12H2,(H2,13,16)(H,14,17). The van der Waals surface area contributed by atoms with Crippen molar-refractivity contribution in [3.05, 3.63) is 0 Å². The number of primary amides is 1. The molecule has 0 aromatic heterocycles. The molecule has 102 valence electrons. The molecule has 0 aliphatic heterocycles. The van der Waals surface area contributed by atoms with Gasteiger partial charge < -0.3 is 21.7 Å². The number of carbonyl (C=O) groups excluding carboxylic acids is 3. The molecule has 0 saturated heterocycles. The Morgan fingerprint density at radius 2 is 1.83 bits per heavy atom. The Morgan fingerprint density at radius 3 is 2.33 bits per heavy atom. The first kappa shape index (κ1) is 14.4. The first-order valence-corrected chi connectivity index (χ1v) is 6.09. The van der Waals surface area contributed by atoms with E-state index < -0.39 is 11.8 Å². The van der Waals surface area contributed by atoms with Crippen molar-refractivity contribution in [2.24, 2.45) is 11.5 Å². The summed E-state index contributed by atoms with van der Waals surface area (Å²) in [7, 11) is 0. The van der Waals surface area contributed by atoms with E-state index in [0.29, 0.717) is 0 Å². The van der Waals surface area contributed by atoms with E-state index in [1.165, 1.54) is 4.90 Å². The predicted molar refractivity (Wildman–Crippen MR) is 65.2 cm³/mol. The van der Waals surface area contributed by atoms with E-state index in [4.69, 9.17) is 11.5 Å². The molecule has 18 heavy (non-hydrogen) atoms. The second-order valence-corrected chi connectivity index (χ2v) is 4.41. The lowest BCUT2D eigenvalue weighted by Crippen LogP contribution is -2.48. The number of amides is 3. The van der Waals surface area contributed by atoms with E-state index in [9.17, 15) is 14.4 Å². The van der Waals surface area contributed by atoms with Crippen LogP contribution in [0.25, 0.3) is 0 Å². The van der Waals surface area contributed by atoms with Gasteiger partial charge in [0.15, 0.2) is 0 Å². The van der Waals surface area contributed by atoms with Crippen molar-refractivity contribution in [3.8, 4) is 0 Å². The molecular formula is C11H20N4O3. The van der Waals surface area contributed by atoms with Crippen LogP contribution in [0, 0.1) is 0 Å². The van der Waals surface area contributed by atoms with Gasteiger partial charge in [-0.1, -0.05) is 12.8 Å². The highest BCUT2D eigenvalue weighted by molar-refractivity contribution is 5.88. The van der Waals surface area contributed by atoms with E-state index in [2.05, 4.69) is 5.32 Å².